The zero-order chi connectivity index (χ0) is 11.6. The van der Waals surface area contributed by atoms with Gasteiger partial charge in [-0.25, -0.2) is 4.79 Å². The first-order valence-electron chi connectivity index (χ1n) is 4.55. The molecule has 0 aromatic heterocycles. The molecule has 1 heterocycles. The zero-order valence-electron chi connectivity index (χ0n) is 9.56. The maximum Gasteiger partial charge on any atom is 0.328 e. The summed E-state index contributed by atoms with van der Waals surface area (Å²) in [5, 5.41) is 0. The Morgan fingerprint density at radius 3 is 2.67 bits per heavy atom. The molecule has 1 rings (SSSR count). The number of aliphatic imine (C=N–C) groups is 1. The molecule has 0 unspecified atom stereocenters. The molecule has 82 valence electrons. The van der Waals surface area contributed by atoms with Gasteiger partial charge in [0.25, 0.3) is 0 Å². The van der Waals surface area contributed by atoms with E-state index in [0.717, 1.165) is 5.70 Å². The number of rotatable bonds is 2. The van der Waals surface area contributed by atoms with Crippen LogP contribution < -0.4 is 0 Å². The van der Waals surface area contributed by atoms with E-state index in [2.05, 4.69) is 11.6 Å². The largest absolute Gasteiger partial charge is 0.333 e. The number of likely N-dealkylation sites (N-methyl/N-ethyl adjacent to an activating group) is 2. The van der Waals surface area contributed by atoms with Gasteiger partial charge < -0.3 is 9.80 Å². The quantitative estimate of drug-likeness (QED) is 0.500. The zero-order valence-corrected chi connectivity index (χ0v) is 9.56. The number of urea groups is 1. The van der Waals surface area contributed by atoms with Crippen molar-refractivity contribution in [2.45, 2.75) is 0 Å². The van der Waals surface area contributed by atoms with Crippen molar-refractivity contribution in [3.63, 3.8) is 0 Å². The van der Waals surface area contributed by atoms with E-state index in [1.54, 1.807) is 33.7 Å². The first-order chi connectivity index (χ1) is 6.99. The minimum Gasteiger partial charge on any atom is -0.333 e. The van der Waals surface area contributed by atoms with Gasteiger partial charge >= 0.3 is 6.03 Å². The van der Waals surface area contributed by atoms with Crippen LogP contribution in [0, 0.1) is 0 Å². The fraction of sp³-hybridized carbons (Fsp3) is 0.400. The van der Waals surface area contributed by atoms with Crippen molar-refractivity contribution in [2.75, 3.05) is 28.2 Å². The molecule has 0 saturated heterocycles. The minimum absolute atomic E-state index is 0.0920. The molecule has 0 bridgehead atoms. The lowest BCUT2D eigenvalue weighted by molar-refractivity contribution is 0.192. The number of carbonyl (C=O) groups excluding carboxylic acids is 1. The summed E-state index contributed by atoms with van der Waals surface area (Å²) in [6, 6.07) is -0.0920. The van der Waals surface area contributed by atoms with E-state index in [0.29, 0.717) is 5.70 Å². The van der Waals surface area contributed by atoms with Crippen molar-refractivity contribution in [1.29, 1.82) is 0 Å². The van der Waals surface area contributed by atoms with Crippen LogP contribution >= 0.6 is 0 Å². The van der Waals surface area contributed by atoms with Crippen LogP contribution in [0.1, 0.15) is 0 Å². The Balaban J connectivity index is 3.03. The standard InChI is InChI=1S/C10H16N4O/c1-8-9(13(4)7-11-2)6-12(3)10(15)14(8)5/h6-7H,1H2,2-5H3. The maximum absolute atomic E-state index is 11.6. The molecule has 0 aromatic rings. The van der Waals surface area contributed by atoms with Crippen LogP contribution in [0.5, 0.6) is 0 Å². The number of hydrogen-bond acceptors (Lipinski definition) is 2. The third-order valence-corrected chi connectivity index (χ3v) is 2.27. The number of hydrogen-bond donors (Lipinski definition) is 0. The average molecular weight is 208 g/mol. The third-order valence-electron chi connectivity index (χ3n) is 2.27. The van der Waals surface area contributed by atoms with Gasteiger partial charge in [-0.15, -0.1) is 0 Å². The van der Waals surface area contributed by atoms with Crippen molar-refractivity contribution in [3.8, 4) is 0 Å². The predicted octanol–water partition coefficient (Wildman–Crippen LogP) is 0.929. The molecular weight excluding hydrogens is 192 g/mol. The first kappa shape index (κ1) is 11.3. The number of amides is 2. The summed E-state index contributed by atoms with van der Waals surface area (Å²) in [5.74, 6) is 0. The van der Waals surface area contributed by atoms with Crippen molar-refractivity contribution < 1.29 is 4.79 Å². The van der Waals surface area contributed by atoms with E-state index in [-0.39, 0.29) is 6.03 Å². The normalized spacial score (nSPS) is 17.5. The first-order valence-corrected chi connectivity index (χ1v) is 4.55. The summed E-state index contributed by atoms with van der Waals surface area (Å²) < 4.78 is 0. The summed E-state index contributed by atoms with van der Waals surface area (Å²) >= 11 is 0. The van der Waals surface area contributed by atoms with Crippen molar-refractivity contribution in [1.82, 2.24) is 14.7 Å². The molecule has 0 aromatic carbocycles. The summed E-state index contributed by atoms with van der Waals surface area (Å²) in [7, 11) is 6.97. The minimum atomic E-state index is -0.0920. The lowest BCUT2D eigenvalue weighted by Crippen LogP contribution is -2.42. The maximum atomic E-state index is 11.6. The van der Waals surface area contributed by atoms with Crippen LogP contribution in [-0.2, 0) is 0 Å². The highest BCUT2D eigenvalue weighted by Crippen LogP contribution is 2.21. The fourth-order valence-electron chi connectivity index (χ4n) is 1.37. The van der Waals surface area contributed by atoms with Crippen molar-refractivity contribution in [3.05, 3.63) is 24.2 Å². The Morgan fingerprint density at radius 2 is 2.13 bits per heavy atom. The molecule has 1 aliphatic heterocycles. The van der Waals surface area contributed by atoms with Crippen molar-refractivity contribution in [2.24, 2.45) is 4.99 Å². The molecule has 1 aliphatic rings. The molecule has 5 nitrogen and oxygen atoms in total. The third kappa shape index (κ3) is 2.01. The monoisotopic (exact) mass is 208 g/mol. The summed E-state index contributed by atoms with van der Waals surface area (Å²) in [6.07, 6.45) is 3.42. The van der Waals surface area contributed by atoms with Gasteiger partial charge in [0.15, 0.2) is 0 Å². The van der Waals surface area contributed by atoms with Gasteiger partial charge in [-0.3, -0.25) is 9.89 Å². The smallest absolute Gasteiger partial charge is 0.328 e. The van der Waals surface area contributed by atoms with E-state index in [4.69, 9.17) is 0 Å². The summed E-state index contributed by atoms with van der Waals surface area (Å²) in [6.45, 7) is 3.87. The molecule has 0 atom stereocenters. The topological polar surface area (TPSA) is 39.1 Å². The van der Waals surface area contributed by atoms with Crippen molar-refractivity contribution >= 4 is 12.4 Å². The molecule has 0 fully saturated rings. The molecule has 0 aliphatic carbocycles. The van der Waals surface area contributed by atoms with Gasteiger partial charge in [0.2, 0.25) is 0 Å². The molecule has 15 heavy (non-hydrogen) atoms. The van der Waals surface area contributed by atoms with E-state index >= 15 is 0 Å². The molecule has 0 saturated carbocycles. The molecule has 0 radical (unpaired) electrons. The van der Waals surface area contributed by atoms with E-state index < -0.39 is 0 Å². The van der Waals surface area contributed by atoms with E-state index in [9.17, 15) is 4.79 Å². The Bertz CT molecular complexity index is 345. The fourth-order valence-corrected chi connectivity index (χ4v) is 1.37. The van der Waals surface area contributed by atoms with Gasteiger partial charge in [-0.1, -0.05) is 6.58 Å². The summed E-state index contributed by atoms with van der Waals surface area (Å²) in [5.41, 5.74) is 1.52. The van der Waals surface area contributed by atoms with Gasteiger partial charge in [0, 0.05) is 34.4 Å². The van der Waals surface area contributed by atoms with Crippen LogP contribution in [0.2, 0.25) is 0 Å². The van der Waals surface area contributed by atoms with Crippen LogP contribution in [0.4, 0.5) is 4.79 Å². The average Bonchev–Trinajstić information content (AvgIpc) is 2.20. The number of nitrogens with zero attached hydrogens (tertiary/aromatic N) is 4. The molecular formula is C10H16N4O. The van der Waals surface area contributed by atoms with Gasteiger partial charge in [0.1, 0.15) is 0 Å². The van der Waals surface area contributed by atoms with Crippen LogP contribution in [0.3, 0.4) is 0 Å². The lowest BCUT2D eigenvalue weighted by Gasteiger charge is -2.33. The second kappa shape index (κ2) is 4.16. The second-order valence-corrected chi connectivity index (χ2v) is 3.40. The van der Waals surface area contributed by atoms with Crippen LogP contribution in [-0.4, -0.2) is 55.3 Å². The molecule has 0 spiro atoms. The van der Waals surface area contributed by atoms with Crippen LogP contribution in [0.15, 0.2) is 29.2 Å². The summed E-state index contributed by atoms with van der Waals surface area (Å²) in [4.78, 5) is 20.3. The Kier molecular flexibility index (Phi) is 3.14. The second-order valence-electron chi connectivity index (χ2n) is 3.40. The Labute approximate surface area is 90.0 Å². The van der Waals surface area contributed by atoms with Crippen LogP contribution in [0.25, 0.3) is 0 Å². The molecule has 5 heteroatoms. The van der Waals surface area contributed by atoms with Gasteiger partial charge in [0.05, 0.1) is 17.7 Å². The van der Waals surface area contributed by atoms with E-state index in [1.807, 2.05) is 11.9 Å². The predicted molar refractivity (Wildman–Crippen MR) is 60.3 cm³/mol. The highest BCUT2D eigenvalue weighted by atomic mass is 16.2. The number of carbonyl (C=O) groups is 1. The highest BCUT2D eigenvalue weighted by Gasteiger charge is 2.25. The lowest BCUT2D eigenvalue weighted by atomic mass is 10.2. The highest BCUT2D eigenvalue weighted by molar-refractivity contribution is 5.80. The Morgan fingerprint density at radius 1 is 1.53 bits per heavy atom. The SMILES string of the molecule is C=C1C(N(C)C=NC)=CN(C)C(=O)N1C. The van der Waals surface area contributed by atoms with E-state index in [1.165, 1.54) is 9.80 Å². The van der Waals surface area contributed by atoms with Gasteiger partial charge in [-0.05, 0) is 0 Å². The molecule has 0 N–H and O–H groups in total. The van der Waals surface area contributed by atoms with Gasteiger partial charge in [-0.2, -0.15) is 0 Å². The molecule has 2 amide bonds. The Hall–Kier alpha value is -1.78.